The average Bonchev–Trinajstić information content (AvgIpc) is 3.01. The molecule has 2 fully saturated rings. The van der Waals surface area contributed by atoms with Crippen LogP contribution in [0.5, 0.6) is 0 Å². The third-order valence-electron chi connectivity index (χ3n) is 4.93. The van der Waals surface area contributed by atoms with Gasteiger partial charge in [-0.3, -0.25) is 4.79 Å². The lowest BCUT2D eigenvalue weighted by Gasteiger charge is -2.51. The quantitative estimate of drug-likeness (QED) is 0.729. The molecule has 3 amide bonds. The van der Waals surface area contributed by atoms with E-state index < -0.39 is 18.1 Å². The first kappa shape index (κ1) is 17.1. The highest BCUT2D eigenvalue weighted by atomic mass is 16.6. The predicted octanol–water partition coefficient (Wildman–Crippen LogP) is 0.922. The van der Waals surface area contributed by atoms with E-state index in [1.54, 1.807) is 0 Å². The fourth-order valence-electron chi connectivity index (χ4n) is 3.51. The van der Waals surface area contributed by atoms with Gasteiger partial charge in [0.05, 0.1) is 0 Å². The Kier molecular flexibility index (Phi) is 4.51. The number of nitrogens with zero attached hydrogens (tertiary/aromatic N) is 2. The van der Waals surface area contributed by atoms with E-state index in [0.29, 0.717) is 13.1 Å². The number of alkyl carbamates (subject to hydrolysis) is 1. The molecule has 1 saturated heterocycles. The van der Waals surface area contributed by atoms with Crippen LogP contribution in [0, 0.1) is 5.41 Å². The van der Waals surface area contributed by atoms with Crippen LogP contribution < -0.4 is 11.1 Å². The van der Waals surface area contributed by atoms with E-state index in [4.69, 9.17) is 20.1 Å². The van der Waals surface area contributed by atoms with Crippen molar-refractivity contribution >= 4 is 18.1 Å². The van der Waals surface area contributed by atoms with Crippen LogP contribution in [-0.4, -0.2) is 52.4 Å². The van der Waals surface area contributed by atoms with E-state index in [9.17, 15) is 14.4 Å². The standard InChI is InChI=1S/C15H20N4O6/c16-12(20)11-5-10(25-18-11)8-24-13(21)17-9-6-15(7-9)1-3-19(4-2-15)14(22)23/h5,9H,1-4,6-8H2,(H2,16,20)(H,17,21)(H,22,23). The topological polar surface area (TPSA) is 148 Å². The molecule has 3 rings (SSSR count). The Bertz CT molecular complexity index is 671. The number of nitrogens with one attached hydrogen (secondary N) is 1. The molecule has 0 aromatic carbocycles. The van der Waals surface area contributed by atoms with Gasteiger partial charge in [-0.25, -0.2) is 9.59 Å². The molecule has 1 saturated carbocycles. The van der Waals surface area contributed by atoms with Crippen LogP contribution in [0.25, 0.3) is 0 Å². The second-order valence-electron chi connectivity index (χ2n) is 6.64. The fraction of sp³-hybridized carbons (Fsp3) is 0.600. The molecule has 0 unspecified atom stereocenters. The van der Waals surface area contributed by atoms with Gasteiger partial charge in [0.15, 0.2) is 18.1 Å². The predicted molar refractivity (Wildman–Crippen MR) is 82.6 cm³/mol. The molecule has 0 radical (unpaired) electrons. The van der Waals surface area contributed by atoms with E-state index in [2.05, 4.69) is 10.5 Å². The molecular formula is C15H20N4O6. The molecule has 0 atom stereocenters. The summed E-state index contributed by atoms with van der Waals surface area (Å²) in [5.41, 5.74) is 5.16. The monoisotopic (exact) mass is 352 g/mol. The van der Waals surface area contributed by atoms with E-state index in [0.717, 1.165) is 25.7 Å². The summed E-state index contributed by atoms with van der Waals surface area (Å²) in [4.78, 5) is 35.0. The van der Waals surface area contributed by atoms with Crippen molar-refractivity contribution in [2.24, 2.45) is 11.1 Å². The van der Waals surface area contributed by atoms with Crippen LogP contribution in [-0.2, 0) is 11.3 Å². The van der Waals surface area contributed by atoms with Gasteiger partial charge in [-0.15, -0.1) is 0 Å². The lowest BCUT2D eigenvalue weighted by molar-refractivity contribution is 0.00854. The second-order valence-corrected chi connectivity index (χ2v) is 6.64. The van der Waals surface area contributed by atoms with E-state index in [1.165, 1.54) is 11.0 Å². The lowest BCUT2D eigenvalue weighted by atomic mass is 9.60. The third-order valence-corrected chi connectivity index (χ3v) is 4.93. The molecule has 2 aliphatic rings. The van der Waals surface area contributed by atoms with Crippen LogP contribution in [0.2, 0.25) is 0 Å². The van der Waals surface area contributed by atoms with Crippen LogP contribution in [0.1, 0.15) is 41.9 Å². The van der Waals surface area contributed by atoms with E-state index in [1.807, 2.05) is 0 Å². The number of hydrogen-bond acceptors (Lipinski definition) is 6. The number of primary amides is 1. The molecule has 1 spiro atoms. The highest BCUT2D eigenvalue weighted by molar-refractivity contribution is 5.90. The maximum absolute atomic E-state index is 11.8. The number of carbonyl (C=O) groups excluding carboxylic acids is 2. The van der Waals surface area contributed by atoms with Crippen LogP contribution in [0.4, 0.5) is 9.59 Å². The third kappa shape index (κ3) is 3.83. The molecule has 10 heteroatoms. The maximum Gasteiger partial charge on any atom is 0.407 e. The SMILES string of the molecule is NC(=O)c1cc(COC(=O)NC2CC3(CCN(C(=O)O)CC3)C2)on1. The van der Waals surface area contributed by atoms with E-state index in [-0.39, 0.29) is 29.5 Å². The molecule has 136 valence electrons. The van der Waals surface area contributed by atoms with Gasteiger partial charge in [0.1, 0.15) is 0 Å². The van der Waals surface area contributed by atoms with Crippen LogP contribution >= 0.6 is 0 Å². The molecule has 25 heavy (non-hydrogen) atoms. The lowest BCUT2D eigenvalue weighted by Crippen LogP contribution is -2.55. The number of piperidine rings is 1. The largest absolute Gasteiger partial charge is 0.465 e. The van der Waals surface area contributed by atoms with Crippen LogP contribution in [0.15, 0.2) is 10.6 Å². The number of carbonyl (C=O) groups is 3. The second kappa shape index (κ2) is 6.61. The van der Waals surface area contributed by atoms with Crippen molar-refractivity contribution in [3.05, 3.63) is 17.5 Å². The Morgan fingerprint density at radius 2 is 2.08 bits per heavy atom. The number of ether oxygens (including phenoxy) is 1. The molecule has 2 heterocycles. The molecule has 1 aromatic heterocycles. The zero-order chi connectivity index (χ0) is 18.0. The summed E-state index contributed by atoms with van der Waals surface area (Å²) in [5.74, 6) is -0.483. The highest BCUT2D eigenvalue weighted by Crippen LogP contribution is 2.49. The first-order valence-electron chi connectivity index (χ1n) is 8.03. The van der Waals surface area contributed by atoms with Gasteiger partial charge in [0.25, 0.3) is 5.91 Å². The van der Waals surface area contributed by atoms with Gasteiger partial charge in [0.2, 0.25) is 0 Å². The Hall–Kier alpha value is -2.78. The van der Waals surface area contributed by atoms with Crippen molar-refractivity contribution in [1.29, 1.82) is 0 Å². The highest BCUT2D eigenvalue weighted by Gasteiger charge is 2.47. The summed E-state index contributed by atoms with van der Waals surface area (Å²) in [6.07, 6.45) is 1.84. The van der Waals surface area contributed by atoms with Crippen molar-refractivity contribution in [3.63, 3.8) is 0 Å². The number of nitrogens with two attached hydrogens (primary N) is 1. The smallest absolute Gasteiger partial charge is 0.407 e. The first-order chi connectivity index (χ1) is 11.9. The molecule has 4 N–H and O–H groups in total. The van der Waals surface area contributed by atoms with Gasteiger partial charge in [-0.2, -0.15) is 0 Å². The summed E-state index contributed by atoms with van der Waals surface area (Å²) in [6.45, 7) is 0.942. The van der Waals surface area contributed by atoms with Crippen molar-refractivity contribution in [3.8, 4) is 0 Å². The van der Waals surface area contributed by atoms with Gasteiger partial charge in [-0.1, -0.05) is 5.16 Å². The maximum atomic E-state index is 11.8. The molecule has 0 bridgehead atoms. The normalized spacial score (nSPS) is 19.3. The van der Waals surface area contributed by atoms with Crippen LogP contribution in [0.3, 0.4) is 0 Å². The van der Waals surface area contributed by atoms with Gasteiger partial charge in [0, 0.05) is 25.2 Å². The minimum atomic E-state index is -0.876. The number of aromatic nitrogens is 1. The average molecular weight is 352 g/mol. The summed E-state index contributed by atoms with van der Waals surface area (Å²) >= 11 is 0. The number of carboxylic acid groups (broad SMARTS) is 1. The van der Waals surface area contributed by atoms with E-state index >= 15 is 0 Å². The Morgan fingerprint density at radius 3 is 2.64 bits per heavy atom. The van der Waals surface area contributed by atoms with Crippen molar-refractivity contribution in [2.75, 3.05) is 13.1 Å². The number of amides is 3. The summed E-state index contributed by atoms with van der Waals surface area (Å²) in [6, 6.07) is 1.35. The Labute approximate surface area is 143 Å². The number of hydrogen-bond donors (Lipinski definition) is 3. The minimum Gasteiger partial charge on any atom is -0.465 e. The number of likely N-dealkylation sites (tertiary alicyclic amines) is 1. The molecule has 10 nitrogen and oxygen atoms in total. The van der Waals surface area contributed by atoms with Gasteiger partial charge < -0.3 is 30.3 Å². The molecular weight excluding hydrogens is 332 g/mol. The molecule has 1 aromatic rings. The van der Waals surface area contributed by atoms with Crippen molar-refractivity contribution in [2.45, 2.75) is 38.3 Å². The molecule has 1 aliphatic carbocycles. The zero-order valence-corrected chi connectivity index (χ0v) is 13.6. The van der Waals surface area contributed by atoms with Gasteiger partial charge >= 0.3 is 12.2 Å². The summed E-state index contributed by atoms with van der Waals surface area (Å²) in [5, 5.41) is 15.2. The van der Waals surface area contributed by atoms with Gasteiger partial charge in [-0.05, 0) is 31.1 Å². The van der Waals surface area contributed by atoms with Crippen molar-refractivity contribution < 1.29 is 28.8 Å². The Balaban J connectivity index is 1.37. The summed E-state index contributed by atoms with van der Waals surface area (Å²) < 4.78 is 9.86. The zero-order valence-electron chi connectivity index (χ0n) is 13.6. The van der Waals surface area contributed by atoms with Crippen molar-refractivity contribution in [1.82, 2.24) is 15.4 Å². The number of rotatable bonds is 4. The minimum absolute atomic E-state index is 0.0207. The first-order valence-corrected chi connectivity index (χ1v) is 8.03. The Morgan fingerprint density at radius 1 is 1.40 bits per heavy atom. The fourth-order valence-corrected chi connectivity index (χ4v) is 3.51. The summed E-state index contributed by atoms with van der Waals surface area (Å²) in [7, 11) is 0. The molecule has 1 aliphatic heterocycles.